The van der Waals surface area contributed by atoms with Crippen LogP contribution in [0.25, 0.3) is 0 Å². The Kier molecular flexibility index (Phi) is 5.91. The SMILES string of the molecule is CC[C@H](NC(=O)CNS(=O)(=O)c1ccc(F)cc1C)c1ccnn1C. The summed E-state index contributed by atoms with van der Waals surface area (Å²) < 4.78 is 41.6. The monoisotopic (exact) mass is 368 g/mol. The van der Waals surface area contributed by atoms with Gasteiger partial charge in [0, 0.05) is 13.2 Å². The van der Waals surface area contributed by atoms with Crippen molar-refractivity contribution in [1.29, 1.82) is 0 Å². The highest BCUT2D eigenvalue weighted by Crippen LogP contribution is 2.16. The summed E-state index contributed by atoms with van der Waals surface area (Å²) in [6.07, 6.45) is 2.26. The number of carbonyl (C=O) groups excluding carboxylic acids is 1. The summed E-state index contributed by atoms with van der Waals surface area (Å²) in [5.41, 5.74) is 1.10. The first-order chi connectivity index (χ1) is 11.7. The van der Waals surface area contributed by atoms with E-state index in [-0.39, 0.29) is 16.5 Å². The van der Waals surface area contributed by atoms with E-state index in [9.17, 15) is 17.6 Å². The number of carbonyl (C=O) groups is 1. The molecule has 136 valence electrons. The number of hydrogen-bond donors (Lipinski definition) is 2. The Morgan fingerprint density at radius 1 is 1.36 bits per heavy atom. The summed E-state index contributed by atoms with van der Waals surface area (Å²) in [4.78, 5) is 12.1. The molecule has 0 saturated carbocycles. The number of hydrogen-bond acceptors (Lipinski definition) is 4. The van der Waals surface area contributed by atoms with E-state index in [0.717, 1.165) is 17.8 Å². The van der Waals surface area contributed by atoms with Crippen LogP contribution in [0.5, 0.6) is 0 Å². The zero-order valence-electron chi connectivity index (χ0n) is 14.3. The Labute approximate surface area is 146 Å². The molecule has 9 heteroatoms. The second kappa shape index (κ2) is 7.75. The van der Waals surface area contributed by atoms with Crippen LogP contribution in [0.1, 0.15) is 30.6 Å². The summed E-state index contributed by atoms with van der Waals surface area (Å²) in [5, 5.41) is 6.83. The number of rotatable bonds is 7. The molecule has 0 bridgehead atoms. The van der Waals surface area contributed by atoms with E-state index in [1.807, 2.05) is 6.92 Å². The third-order valence-corrected chi connectivity index (χ3v) is 5.37. The van der Waals surface area contributed by atoms with Gasteiger partial charge in [0.2, 0.25) is 15.9 Å². The molecule has 1 amide bonds. The molecule has 1 atom stereocenters. The van der Waals surface area contributed by atoms with E-state index in [4.69, 9.17) is 0 Å². The molecule has 1 aromatic heterocycles. The fourth-order valence-electron chi connectivity index (χ4n) is 2.51. The molecule has 0 aliphatic carbocycles. The van der Waals surface area contributed by atoms with Crippen molar-refractivity contribution in [3.8, 4) is 0 Å². The molecule has 0 radical (unpaired) electrons. The van der Waals surface area contributed by atoms with Crippen LogP contribution in [0.15, 0.2) is 35.4 Å². The van der Waals surface area contributed by atoms with Crippen molar-refractivity contribution in [2.75, 3.05) is 6.54 Å². The van der Waals surface area contributed by atoms with Crippen molar-refractivity contribution in [3.05, 3.63) is 47.5 Å². The van der Waals surface area contributed by atoms with Gasteiger partial charge in [-0.25, -0.2) is 17.5 Å². The maximum Gasteiger partial charge on any atom is 0.241 e. The average Bonchev–Trinajstić information content (AvgIpc) is 2.96. The summed E-state index contributed by atoms with van der Waals surface area (Å²) >= 11 is 0. The van der Waals surface area contributed by atoms with Crippen LogP contribution in [-0.4, -0.2) is 30.7 Å². The third-order valence-electron chi connectivity index (χ3n) is 3.81. The van der Waals surface area contributed by atoms with Crippen LogP contribution < -0.4 is 10.0 Å². The van der Waals surface area contributed by atoms with Crippen LogP contribution in [0.4, 0.5) is 4.39 Å². The molecule has 0 fully saturated rings. The highest BCUT2D eigenvalue weighted by atomic mass is 32.2. The Bertz CT molecular complexity index is 864. The highest BCUT2D eigenvalue weighted by Gasteiger charge is 2.20. The quantitative estimate of drug-likeness (QED) is 0.773. The minimum Gasteiger partial charge on any atom is -0.347 e. The number of amides is 1. The van der Waals surface area contributed by atoms with Crippen LogP contribution in [0.3, 0.4) is 0 Å². The predicted octanol–water partition coefficient (Wildman–Crippen LogP) is 1.41. The number of aromatic nitrogens is 2. The van der Waals surface area contributed by atoms with Crippen LogP contribution in [-0.2, 0) is 21.9 Å². The molecule has 2 rings (SSSR count). The summed E-state index contributed by atoms with van der Waals surface area (Å²) in [5.74, 6) is -0.979. The molecule has 0 unspecified atom stereocenters. The molecule has 2 aromatic rings. The number of benzene rings is 1. The number of halogens is 1. The minimum absolute atomic E-state index is 0.0552. The smallest absolute Gasteiger partial charge is 0.241 e. The van der Waals surface area contributed by atoms with Crippen molar-refractivity contribution in [3.63, 3.8) is 0 Å². The molecule has 25 heavy (non-hydrogen) atoms. The van der Waals surface area contributed by atoms with E-state index in [1.54, 1.807) is 24.0 Å². The second-order valence-corrected chi connectivity index (χ2v) is 7.38. The van der Waals surface area contributed by atoms with Crippen molar-refractivity contribution in [2.24, 2.45) is 7.05 Å². The van der Waals surface area contributed by atoms with E-state index < -0.39 is 28.3 Å². The molecule has 0 aliphatic rings. The molecular weight excluding hydrogens is 347 g/mol. The van der Waals surface area contributed by atoms with Gasteiger partial charge in [-0.1, -0.05) is 6.92 Å². The van der Waals surface area contributed by atoms with E-state index >= 15 is 0 Å². The van der Waals surface area contributed by atoms with Crippen molar-refractivity contribution in [1.82, 2.24) is 19.8 Å². The van der Waals surface area contributed by atoms with Gasteiger partial charge in [0.15, 0.2) is 0 Å². The zero-order valence-corrected chi connectivity index (χ0v) is 15.1. The fraction of sp³-hybridized carbons (Fsp3) is 0.375. The zero-order chi connectivity index (χ0) is 18.6. The van der Waals surface area contributed by atoms with Gasteiger partial charge in [0.05, 0.1) is 23.2 Å². The van der Waals surface area contributed by atoms with Gasteiger partial charge in [-0.05, 0) is 43.2 Å². The second-order valence-electron chi connectivity index (χ2n) is 5.64. The van der Waals surface area contributed by atoms with Gasteiger partial charge in [-0.3, -0.25) is 9.48 Å². The van der Waals surface area contributed by atoms with Gasteiger partial charge in [0.25, 0.3) is 0 Å². The molecular formula is C16H21FN4O3S. The van der Waals surface area contributed by atoms with Gasteiger partial charge >= 0.3 is 0 Å². The average molecular weight is 368 g/mol. The van der Waals surface area contributed by atoms with Crippen LogP contribution >= 0.6 is 0 Å². The molecule has 7 nitrogen and oxygen atoms in total. The molecule has 1 aromatic carbocycles. The predicted molar refractivity (Wildman–Crippen MR) is 90.7 cm³/mol. The number of sulfonamides is 1. The Balaban J connectivity index is 2.02. The highest BCUT2D eigenvalue weighted by molar-refractivity contribution is 7.89. The molecule has 0 aliphatic heterocycles. The lowest BCUT2D eigenvalue weighted by atomic mass is 10.1. The topological polar surface area (TPSA) is 93.1 Å². The van der Waals surface area contributed by atoms with Crippen molar-refractivity contribution in [2.45, 2.75) is 31.2 Å². The normalized spacial score (nSPS) is 12.8. The number of nitrogens with zero attached hydrogens (tertiary/aromatic N) is 2. The van der Waals surface area contributed by atoms with Crippen LogP contribution in [0, 0.1) is 12.7 Å². The lowest BCUT2D eigenvalue weighted by molar-refractivity contribution is -0.120. The van der Waals surface area contributed by atoms with E-state index in [0.29, 0.717) is 6.42 Å². The summed E-state index contributed by atoms with van der Waals surface area (Å²) in [6, 6.07) is 4.90. The maximum atomic E-state index is 13.1. The third kappa shape index (κ3) is 4.64. The standard InChI is InChI=1S/C16H21FN4O3S/c1-4-13(14-7-8-18-21(14)3)20-16(22)10-19-25(23,24)15-6-5-12(17)9-11(15)2/h5-9,13,19H,4,10H2,1-3H3,(H,20,22)/t13-/m0/s1. The number of aryl methyl sites for hydroxylation is 2. The van der Waals surface area contributed by atoms with E-state index in [2.05, 4.69) is 15.1 Å². The first kappa shape index (κ1) is 19.1. The van der Waals surface area contributed by atoms with Crippen LogP contribution in [0.2, 0.25) is 0 Å². The summed E-state index contributed by atoms with van der Waals surface area (Å²) in [7, 11) is -2.13. The minimum atomic E-state index is -3.90. The van der Waals surface area contributed by atoms with Gasteiger partial charge in [0.1, 0.15) is 5.82 Å². The van der Waals surface area contributed by atoms with Crippen molar-refractivity contribution < 1.29 is 17.6 Å². The maximum absolute atomic E-state index is 13.1. The summed E-state index contributed by atoms with van der Waals surface area (Å²) in [6.45, 7) is 2.99. The molecule has 0 spiro atoms. The first-order valence-corrected chi connectivity index (χ1v) is 9.26. The lowest BCUT2D eigenvalue weighted by Gasteiger charge is -2.17. The van der Waals surface area contributed by atoms with Crippen molar-refractivity contribution >= 4 is 15.9 Å². The molecule has 1 heterocycles. The Morgan fingerprint density at radius 2 is 2.08 bits per heavy atom. The fourth-order valence-corrected chi connectivity index (χ4v) is 3.72. The van der Waals surface area contributed by atoms with E-state index in [1.165, 1.54) is 13.0 Å². The largest absolute Gasteiger partial charge is 0.347 e. The molecule has 0 saturated heterocycles. The number of nitrogens with one attached hydrogen (secondary N) is 2. The van der Waals surface area contributed by atoms with Gasteiger partial charge in [-0.2, -0.15) is 5.10 Å². The first-order valence-electron chi connectivity index (χ1n) is 7.77. The molecule has 2 N–H and O–H groups in total. The Hall–Kier alpha value is -2.26. The lowest BCUT2D eigenvalue weighted by Crippen LogP contribution is -2.39. The Morgan fingerprint density at radius 3 is 2.64 bits per heavy atom. The van der Waals surface area contributed by atoms with Gasteiger partial charge < -0.3 is 5.32 Å². The van der Waals surface area contributed by atoms with Gasteiger partial charge in [-0.15, -0.1) is 0 Å².